The Labute approximate surface area is 469 Å². The van der Waals surface area contributed by atoms with E-state index >= 15 is 4.79 Å². The number of aliphatic hydroxyl groups is 3. The van der Waals surface area contributed by atoms with Gasteiger partial charge in [-0.25, -0.2) is 14.4 Å². The minimum Gasteiger partial charge on any atom is -0.461 e. The van der Waals surface area contributed by atoms with Crippen LogP contribution in [0.15, 0.2) is 145 Å². The van der Waals surface area contributed by atoms with E-state index in [0.717, 1.165) is 32.1 Å². The van der Waals surface area contributed by atoms with Crippen molar-refractivity contribution in [3.8, 4) is 0 Å². The van der Waals surface area contributed by atoms with Crippen molar-refractivity contribution in [3.63, 3.8) is 0 Å². The average Bonchev–Trinajstić information content (AvgIpc) is 1.36. The van der Waals surface area contributed by atoms with Gasteiger partial charge in [-0.15, -0.1) is 0 Å². The maximum absolute atomic E-state index is 15.7. The minimum atomic E-state index is -2.34. The van der Waals surface area contributed by atoms with Crippen LogP contribution in [0.1, 0.15) is 142 Å². The van der Waals surface area contributed by atoms with Crippen LogP contribution < -0.4 is 5.32 Å². The first-order valence-corrected chi connectivity index (χ1v) is 27.8. The Morgan fingerprint density at radius 2 is 1.35 bits per heavy atom. The fourth-order valence-corrected chi connectivity index (χ4v) is 12.6. The molecule has 16 nitrogen and oxygen atoms in total. The van der Waals surface area contributed by atoms with Crippen molar-refractivity contribution in [2.75, 3.05) is 6.61 Å². The molecule has 0 radical (unpaired) electrons. The van der Waals surface area contributed by atoms with Crippen LogP contribution >= 0.6 is 0 Å². The molecule has 4 aliphatic carbocycles. The summed E-state index contributed by atoms with van der Waals surface area (Å²) in [6.07, 6.45) is 20.5. The van der Waals surface area contributed by atoms with E-state index in [1.165, 1.54) is 39.8 Å². The molecule has 2 unspecified atom stereocenters. The maximum atomic E-state index is 15.7. The second-order valence-corrected chi connectivity index (χ2v) is 22.7. The topological polar surface area (TPSA) is 231 Å². The van der Waals surface area contributed by atoms with Gasteiger partial charge < -0.3 is 49.1 Å². The van der Waals surface area contributed by atoms with Crippen LogP contribution in [-0.4, -0.2) is 111 Å². The van der Waals surface area contributed by atoms with E-state index in [0.29, 0.717) is 18.4 Å². The molecule has 0 spiro atoms. The van der Waals surface area contributed by atoms with E-state index in [9.17, 15) is 39.3 Å². The number of esters is 4. The summed E-state index contributed by atoms with van der Waals surface area (Å²) in [5.74, 6) is -6.09. The zero-order valence-electron chi connectivity index (χ0n) is 47.3. The number of nitrogens with one attached hydrogen (secondary N) is 1. The number of Topliss-reactive ketones (excluding diaryl/α,β-unsaturated/α-hetero) is 1. The van der Waals surface area contributed by atoms with Gasteiger partial charge in [-0.2, -0.15) is 0 Å². The Kier molecular flexibility index (Phi) is 19.3. The van der Waals surface area contributed by atoms with Crippen molar-refractivity contribution in [1.82, 2.24) is 5.32 Å². The molecule has 1 amide bonds. The number of benzene rings is 2. The number of carbonyl (C=O) groups is 6. The van der Waals surface area contributed by atoms with Crippen LogP contribution in [0.4, 0.5) is 4.79 Å². The monoisotopic (exact) mass is 1100 g/mol. The Morgan fingerprint density at radius 1 is 0.800 bits per heavy atom. The van der Waals surface area contributed by atoms with Gasteiger partial charge in [0.05, 0.1) is 35.0 Å². The van der Waals surface area contributed by atoms with Crippen LogP contribution in [0.2, 0.25) is 0 Å². The maximum Gasteiger partial charge on any atom is 0.408 e. The van der Waals surface area contributed by atoms with Crippen LogP contribution in [-0.2, 0) is 47.6 Å². The van der Waals surface area contributed by atoms with E-state index in [1.807, 2.05) is 18.2 Å². The summed E-state index contributed by atoms with van der Waals surface area (Å²) in [6, 6.07) is 14.7. The molecular weight excluding hydrogens is 1020 g/mol. The van der Waals surface area contributed by atoms with Crippen LogP contribution in [0.25, 0.3) is 0 Å². The van der Waals surface area contributed by atoms with Crippen LogP contribution in [0, 0.1) is 16.7 Å². The molecule has 430 valence electrons. The largest absolute Gasteiger partial charge is 0.461 e. The number of fused-ring (bicyclic) bond motifs is 3. The second kappa shape index (κ2) is 25.4. The van der Waals surface area contributed by atoms with Crippen molar-refractivity contribution < 1.29 is 72.5 Å². The summed E-state index contributed by atoms with van der Waals surface area (Å²) in [5.41, 5.74) is -10.4. The highest BCUT2D eigenvalue weighted by atomic mass is 16.6. The number of aliphatic hydroxyl groups excluding tert-OH is 2. The molecule has 7 rings (SSSR count). The van der Waals surface area contributed by atoms with Gasteiger partial charge >= 0.3 is 30.0 Å². The van der Waals surface area contributed by atoms with E-state index in [-0.39, 0.29) is 36.2 Å². The lowest BCUT2D eigenvalue weighted by Crippen LogP contribution is -2.90. The number of ketones is 1. The second-order valence-electron chi connectivity index (χ2n) is 22.7. The van der Waals surface area contributed by atoms with Crippen molar-refractivity contribution in [2.45, 2.75) is 179 Å². The van der Waals surface area contributed by atoms with Gasteiger partial charge in [0.2, 0.25) is 0 Å². The Hall–Kier alpha value is -6.72. The Balaban J connectivity index is 1.14. The summed E-state index contributed by atoms with van der Waals surface area (Å²) in [4.78, 5) is 85.0. The number of carbonyl (C=O) groups excluding carboxylic acids is 6. The molecule has 0 bridgehead atoms. The van der Waals surface area contributed by atoms with Gasteiger partial charge in [0.25, 0.3) is 0 Å². The number of allylic oxidation sites excluding steroid dienone is 12. The number of hydrogen-bond donors (Lipinski definition) is 4. The lowest BCUT2D eigenvalue weighted by molar-refractivity contribution is -0.376. The van der Waals surface area contributed by atoms with Crippen molar-refractivity contribution in [2.24, 2.45) is 16.7 Å². The minimum absolute atomic E-state index is 0.0401. The fourth-order valence-electron chi connectivity index (χ4n) is 12.6. The molecule has 0 aromatic heterocycles. The molecule has 1 aliphatic heterocycles. The normalized spacial score (nSPS) is 30.6. The highest BCUT2D eigenvalue weighted by Crippen LogP contribution is 2.78. The fraction of sp³-hybridized carbons (Fsp3) is 0.500. The van der Waals surface area contributed by atoms with Gasteiger partial charge in [-0.1, -0.05) is 128 Å². The molecule has 2 aromatic carbocycles. The predicted molar refractivity (Wildman–Crippen MR) is 298 cm³/mol. The standard InChI is InChI=1S/C64H79NO15/c1-9-10-11-12-13-14-15-16-17-18-19-20-21-22-23-24-25-26-33-38-48(67)76-46-39-47-62(41-75-47,78-43(3)66)53-55(77-56(71)45-36-31-28-32-37-45)63(74)40-64(42(2)49(61(63,64)8)51(68)54(70)60(46,53)7)79-57(72)52(69)50(44-34-29-27-30-35-44)65-58(73)80-59(4,5)6/h10-11,13-14,16-17,19-20,22-23,25-32,34-37,46-47,50-53,55,68-69,74H,9,12,15,18,21,24,33,38-41H2,1-8H3,(H,65,73)/b11-10-,14-13-,17-16-,20-19-,23-22-,26-25-/t46-,47+,50?,51+,52+,53-,55-,60+,61+,62-,63+,64?/m0/s1. The summed E-state index contributed by atoms with van der Waals surface area (Å²) in [6.45, 7) is 12.4. The zero-order valence-corrected chi connectivity index (χ0v) is 47.3. The molecular formula is C64H79NO15. The molecule has 80 heavy (non-hydrogen) atoms. The summed E-state index contributed by atoms with van der Waals surface area (Å²) in [7, 11) is 0. The number of ether oxygens (including phenoxy) is 6. The third kappa shape index (κ3) is 12.0. The van der Waals surface area contributed by atoms with Gasteiger partial charge in [0.15, 0.2) is 17.5 Å². The molecule has 4 fully saturated rings. The number of alkyl carbamates (subject to hydrolysis) is 1. The molecule has 5 aliphatic rings. The van der Waals surface area contributed by atoms with E-state index in [1.54, 1.807) is 69.3 Å². The number of hydrogen-bond acceptors (Lipinski definition) is 15. The van der Waals surface area contributed by atoms with E-state index < -0.39 is 118 Å². The SMILES string of the molecule is CC/C=C\C/C=C\C/C=C\C/C=C\C/C=C\C/C=C\CCC(=O)O[C@H]1C[C@H]2OC[C@@]2(OC(C)=O)[C@H]2[C@H](OC(=O)c3ccccc3)[C@]3(O)CC4(OC(=O)[C@H](O)C(NC(=O)OC(C)(C)C)c5ccccc5)C(C)=C([C@@H](O)C(=O)[C@]12C)[C@@]43C. The summed E-state index contributed by atoms with van der Waals surface area (Å²) >= 11 is 0. The Bertz CT molecular complexity index is 2810. The lowest BCUT2D eigenvalue weighted by Gasteiger charge is -2.78. The quantitative estimate of drug-likeness (QED) is 0.0461. The van der Waals surface area contributed by atoms with Crippen molar-refractivity contribution in [1.29, 1.82) is 0 Å². The molecule has 12 atom stereocenters. The van der Waals surface area contributed by atoms with Crippen molar-refractivity contribution in [3.05, 3.63) is 156 Å². The Morgan fingerprint density at radius 3 is 1.88 bits per heavy atom. The smallest absolute Gasteiger partial charge is 0.408 e. The zero-order chi connectivity index (χ0) is 58.1. The molecule has 3 saturated carbocycles. The average molecular weight is 1100 g/mol. The van der Waals surface area contributed by atoms with Gasteiger partial charge in [0.1, 0.15) is 41.2 Å². The first kappa shape index (κ1) is 60.9. The first-order valence-electron chi connectivity index (χ1n) is 27.8. The van der Waals surface area contributed by atoms with E-state index in [4.69, 9.17) is 28.4 Å². The lowest BCUT2D eigenvalue weighted by atomic mass is 9.30. The third-order valence-corrected chi connectivity index (χ3v) is 16.5. The molecule has 16 heteroatoms. The van der Waals surface area contributed by atoms with E-state index in [2.05, 4.69) is 66.9 Å². The van der Waals surface area contributed by atoms with Gasteiger partial charge in [-0.05, 0) is 115 Å². The summed E-state index contributed by atoms with van der Waals surface area (Å²) < 4.78 is 36.8. The van der Waals surface area contributed by atoms with Crippen molar-refractivity contribution >= 4 is 35.8 Å². The van der Waals surface area contributed by atoms with Crippen LogP contribution in [0.5, 0.6) is 0 Å². The molecule has 2 aromatic rings. The number of amides is 1. The highest BCUT2D eigenvalue weighted by molar-refractivity contribution is 5.96. The molecule has 4 N–H and O–H groups in total. The van der Waals surface area contributed by atoms with Crippen LogP contribution in [0.3, 0.4) is 0 Å². The first-order chi connectivity index (χ1) is 38.0. The van der Waals surface area contributed by atoms with Gasteiger partial charge in [-0.3, -0.25) is 14.4 Å². The third-order valence-electron chi connectivity index (χ3n) is 16.5. The summed E-state index contributed by atoms with van der Waals surface area (Å²) in [5, 5.41) is 40.7. The highest BCUT2D eigenvalue weighted by Gasteiger charge is 2.89. The molecule has 1 heterocycles. The predicted octanol–water partition coefficient (Wildman–Crippen LogP) is 9.65. The molecule has 1 saturated heterocycles. The van der Waals surface area contributed by atoms with Gasteiger partial charge in [0, 0.05) is 26.2 Å². The number of rotatable bonds is 23.